The Bertz CT molecular complexity index is 1230. The zero-order chi connectivity index (χ0) is 21.6. The predicted octanol–water partition coefficient (Wildman–Crippen LogP) is 5.30. The average molecular weight is 433 g/mol. The molecule has 0 N–H and O–H groups in total. The molecule has 0 radical (unpaired) electrons. The first kappa shape index (κ1) is 20.6. The fraction of sp³-hybridized carbons (Fsp3) is 0.125. The highest BCUT2D eigenvalue weighted by molar-refractivity contribution is 6.30. The maximum Gasteiger partial charge on any atom is 0.218 e. The minimum absolute atomic E-state index is 0.244. The van der Waals surface area contributed by atoms with Crippen molar-refractivity contribution in [3.05, 3.63) is 106 Å². The van der Waals surface area contributed by atoms with Crippen molar-refractivity contribution in [2.24, 2.45) is 0 Å². The van der Waals surface area contributed by atoms with E-state index in [9.17, 15) is 4.39 Å². The Hall–Kier alpha value is -3.69. The van der Waals surface area contributed by atoms with Crippen LogP contribution in [0.2, 0.25) is 5.02 Å². The molecule has 2 aromatic carbocycles. The van der Waals surface area contributed by atoms with Crippen LogP contribution in [0.25, 0.3) is 5.82 Å². The van der Waals surface area contributed by atoms with Crippen molar-refractivity contribution in [3.63, 3.8) is 0 Å². The minimum Gasteiger partial charge on any atom is -0.473 e. The van der Waals surface area contributed by atoms with E-state index in [1.807, 2.05) is 18.2 Å². The van der Waals surface area contributed by atoms with E-state index in [0.717, 1.165) is 29.5 Å². The second kappa shape index (κ2) is 9.41. The molecule has 0 amide bonds. The van der Waals surface area contributed by atoms with E-state index in [2.05, 4.69) is 16.2 Å². The van der Waals surface area contributed by atoms with Gasteiger partial charge in [0.1, 0.15) is 12.4 Å². The number of hydrogen-bond acceptors (Lipinski definition) is 4. The number of halogens is 2. The second-order valence-electron chi connectivity index (χ2n) is 6.92. The number of nitrogens with zero attached hydrogens (tertiary/aromatic N) is 4. The molecule has 2 aromatic heterocycles. The van der Waals surface area contributed by atoms with Crippen LogP contribution in [-0.2, 0) is 19.4 Å². The van der Waals surface area contributed by atoms with Gasteiger partial charge in [-0.3, -0.25) is 0 Å². The fourth-order valence-electron chi connectivity index (χ4n) is 3.23. The normalized spacial score (nSPS) is 10.6. The minimum atomic E-state index is -0.244. The number of benzene rings is 2. The van der Waals surface area contributed by atoms with Crippen molar-refractivity contribution in [2.45, 2.75) is 19.4 Å². The van der Waals surface area contributed by atoms with Gasteiger partial charge >= 0.3 is 0 Å². The van der Waals surface area contributed by atoms with Gasteiger partial charge < -0.3 is 4.74 Å². The van der Waals surface area contributed by atoms with Gasteiger partial charge in [0.05, 0.1) is 17.8 Å². The maximum absolute atomic E-state index is 13.1. The van der Waals surface area contributed by atoms with Crippen molar-refractivity contribution in [1.82, 2.24) is 14.8 Å². The summed E-state index contributed by atoms with van der Waals surface area (Å²) in [6, 6.07) is 19.3. The van der Waals surface area contributed by atoms with E-state index >= 15 is 0 Å². The Morgan fingerprint density at radius 2 is 1.81 bits per heavy atom. The standard InChI is InChI=1S/C24H18ClFN4O/c25-21-6-5-20(19(14-21)4-1-17-2-7-22(26)8-3-17)16-31-24-10-12-29-30(24)23-13-18(15-27)9-11-28-23/h2-3,5-14H,1,4,16H2. The lowest BCUT2D eigenvalue weighted by Crippen LogP contribution is -2.07. The molecule has 0 bridgehead atoms. The number of nitriles is 1. The van der Waals surface area contributed by atoms with E-state index in [1.165, 1.54) is 12.1 Å². The summed E-state index contributed by atoms with van der Waals surface area (Å²) in [7, 11) is 0. The van der Waals surface area contributed by atoms with Crippen molar-refractivity contribution in [2.75, 3.05) is 0 Å². The molecule has 0 spiro atoms. The van der Waals surface area contributed by atoms with Gasteiger partial charge in [0.25, 0.3) is 0 Å². The molecule has 0 aliphatic heterocycles. The predicted molar refractivity (Wildman–Crippen MR) is 116 cm³/mol. The molecule has 0 saturated heterocycles. The zero-order valence-electron chi connectivity index (χ0n) is 16.5. The Balaban J connectivity index is 1.50. The van der Waals surface area contributed by atoms with Crippen LogP contribution >= 0.6 is 11.6 Å². The van der Waals surface area contributed by atoms with E-state index in [-0.39, 0.29) is 5.82 Å². The third kappa shape index (κ3) is 5.08. The van der Waals surface area contributed by atoms with E-state index < -0.39 is 0 Å². The van der Waals surface area contributed by atoms with Gasteiger partial charge in [-0.25, -0.2) is 9.37 Å². The highest BCUT2D eigenvalue weighted by Crippen LogP contribution is 2.22. The van der Waals surface area contributed by atoms with Crippen LogP contribution in [0.3, 0.4) is 0 Å². The van der Waals surface area contributed by atoms with Gasteiger partial charge in [0.2, 0.25) is 5.88 Å². The topological polar surface area (TPSA) is 63.7 Å². The fourth-order valence-corrected chi connectivity index (χ4v) is 3.42. The number of ether oxygens (including phenoxy) is 1. The molecular formula is C24H18ClFN4O. The summed E-state index contributed by atoms with van der Waals surface area (Å²) in [6.45, 7) is 0.319. The number of aryl methyl sites for hydroxylation is 2. The van der Waals surface area contributed by atoms with Crippen LogP contribution in [0, 0.1) is 17.1 Å². The maximum atomic E-state index is 13.1. The van der Waals surface area contributed by atoms with Gasteiger partial charge in [-0.2, -0.15) is 15.0 Å². The zero-order valence-corrected chi connectivity index (χ0v) is 17.3. The lowest BCUT2D eigenvalue weighted by Gasteiger charge is -2.13. The molecule has 0 unspecified atom stereocenters. The molecule has 4 rings (SSSR count). The summed E-state index contributed by atoms with van der Waals surface area (Å²) < 4.78 is 20.7. The first-order valence-electron chi connectivity index (χ1n) is 9.67. The molecule has 0 fully saturated rings. The summed E-state index contributed by atoms with van der Waals surface area (Å²) in [5.74, 6) is 0.778. The summed E-state index contributed by atoms with van der Waals surface area (Å²) in [5.41, 5.74) is 3.60. The van der Waals surface area contributed by atoms with Crippen molar-refractivity contribution in [3.8, 4) is 17.8 Å². The average Bonchev–Trinajstić information content (AvgIpc) is 3.27. The van der Waals surface area contributed by atoms with Crippen LogP contribution in [0.15, 0.2) is 73.1 Å². The highest BCUT2D eigenvalue weighted by Gasteiger charge is 2.11. The van der Waals surface area contributed by atoms with Crippen LogP contribution in [0.4, 0.5) is 4.39 Å². The first-order valence-corrected chi connectivity index (χ1v) is 10.1. The molecule has 5 nitrogen and oxygen atoms in total. The quantitative estimate of drug-likeness (QED) is 0.397. The smallest absolute Gasteiger partial charge is 0.218 e. The Morgan fingerprint density at radius 1 is 0.968 bits per heavy atom. The number of aromatic nitrogens is 3. The van der Waals surface area contributed by atoms with Crippen LogP contribution in [-0.4, -0.2) is 14.8 Å². The van der Waals surface area contributed by atoms with Gasteiger partial charge in [-0.05, 0) is 59.9 Å². The Morgan fingerprint density at radius 3 is 2.61 bits per heavy atom. The molecule has 154 valence electrons. The molecule has 0 aliphatic rings. The van der Waals surface area contributed by atoms with Gasteiger partial charge in [0.15, 0.2) is 5.82 Å². The van der Waals surface area contributed by atoms with Crippen molar-refractivity contribution < 1.29 is 9.13 Å². The summed E-state index contributed by atoms with van der Waals surface area (Å²) >= 11 is 6.21. The largest absolute Gasteiger partial charge is 0.473 e. The van der Waals surface area contributed by atoms with Gasteiger partial charge in [-0.15, -0.1) is 0 Å². The van der Waals surface area contributed by atoms with Crippen LogP contribution < -0.4 is 4.74 Å². The van der Waals surface area contributed by atoms with Crippen LogP contribution in [0.1, 0.15) is 22.3 Å². The molecule has 31 heavy (non-hydrogen) atoms. The first-order chi connectivity index (χ1) is 15.1. The highest BCUT2D eigenvalue weighted by atomic mass is 35.5. The summed E-state index contributed by atoms with van der Waals surface area (Å²) in [5, 5.41) is 14.0. The molecule has 0 aliphatic carbocycles. The molecular weight excluding hydrogens is 415 g/mol. The molecule has 0 atom stereocenters. The summed E-state index contributed by atoms with van der Waals surface area (Å²) in [4.78, 5) is 4.27. The molecule has 2 heterocycles. The summed E-state index contributed by atoms with van der Waals surface area (Å²) in [6.07, 6.45) is 4.69. The second-order valence-corrected chi connectivity index (χ2v) is 7.36. The van der Waals surface area contributed by atoms with E-state index in [1.54, 1.807) is 47.4 Å². The number of hydrogen-bond donors (Lipinski definition) is 0. The lowest BCUT2D eigenvalue weighted by molar-refractivity contribution is 0.283. The van der Waals surface area contributed by atoms with Gasteiger partial charge in [0, 0.05) is 23.4 Å². The van der Waals surface area contributed by atoms with Gasteiger partial charge in [-0.1, -0.05) is 29.8 Å². The number of rotatable bonds is 7. The Labute approximate surface area is 184 Å². The van der Waals surface area contributed by atoms with Crippen molar-refractivity contribution >= 4 is 11.6 Å². The third-order valence-electron chi connectivity index (χ3n) is 4.84. The molecule has 0 saturated carbocycles. The van der Waals surface area contributed by atoms with E-state index in [0.29, 0.717) is 28.9 Å². The lowest BCUT2D eigenvalue weighted by atomic mass is 10.00. The SMILES string of the molecule is N#Cc1ccnc(-n2nccc2OCc2ccc(Cl)cc2CCc2ccc(F)cc2)c1. The van der Waals surface area contributed by atoms with Crippen LogP contribution in [0.5, 0.6) is 5.88 Å². The van der Waals surface area contributed by atoms with Crippen molar-refractivity contribution in [1.29, 1.82) is 5.26 Å². The Kier molecular flexibility index (Phi) is 6.25. The third-order valence-corrected chi connectivity index (χ3v) is 5.07. The number of pyridine rings is 1. The molecule has 7 heteroatoms. The monoisotopic (exact) mass is 432 g/mol. The molecule has 4 aromatic rings. The van der Waals surface area contributed by atoms with E-state index in [4.69, 9.17) is 21.6 Å².